The number of hydrogen-bond acceptors (Lipinski definition) is 4. The van der Waals surface area contributed by atoms with Gasteiger partial charge in [0.2, 0.25) is 0 Å². The molecule has 18 heavy (non-hydrogen) atoms. The monoisotopic (exact) mass is 264 g/mol. The molecule has 1 aromatic rings. The molecule has 4 nitrogen and oxygen atoms in total. The average molecular weight is 264 g/mol. The lowest BCUT2D eigenvalue weighted by Gasteiger charge is -2.14. The van der Waals surface area contributed by atoms with Crippen LogP contribution in [0.1, 0.15) is 13.3 Å². The van der Waals surface area contributed by atoms with Gasteiger partial charge in [-0.2, -0.15) is 0 Å². The second kappa shape index (κ2) is 5.97. The molecule has 0 heterocycles. The zero-order valence-corrected chi connectivity index (χ0v) is 9.57. The lowest BCUT2D eigenvalue weighted by Crippen LogP contribution is -2.30. The highest BCUT2D eigenvalue weighted by atomic mass is 19.4. The Morgan fingerprint density at radius 1 is 1.22 bits per heavy atom. The fourth-order valence-electron chi connectivity index (χ4n) is 1.22. The zero-order chi connectivity index (χ0) is 13.8. The first-order valence-corrected chi connectivity index (χ1v) is 5.22. The molecule has 8 heteroatoms. The summed E-state index contributed by atoms with van der Waals surface area (Å²) < 4.78 is 45.2. The van der Waals surface area contributed by atoms with Gasteiger partial charge in [-0.3, -0.25) is 0 Å². The van der Waals surface area contributed by atoms with Gasteiger partial charge in [-0.25, -0.2) is 0 Å². The smallest absolute Gasteiger partial charge is 0.490 e. The molecule has 0 aliphatic rings. The minimum Gasteiger partial charge on any atom is -0.490 e. The van der Waals surface area contributed by atoms with Gasteiger partial charge in [0.1, 0.15) is 0 Å². The van der Waals surface area contributed by atoms with Crippen molar-refractivity contribution in [2.45, 2.75) is 19.7 Å². The fourth-order valence-corrected chi connectivity index (χ4v) is 1.22. The minimum absolute atomic E-state index is 0.0237. The van der Waals surface area contributed by atoms with E-state index in [2.05, 4.69) is 4.74 Å². The third-order valence-corrected chi connectivity index (χ3v) is 1.95. The summed E-state index contributed by atoms with van der Waals surface area (Å²) >= 11 is 0. The van der Waals surface area contributed by atoms with Crippen molar-refractivity contribution >= 4 is 12.6 Å². The Balaban J connectivity index is 3.00. The molecule has 1 rings (SSSR count). The van der Waals surface area contributed by atoms with Crippen molar-refractivity contribution in [3.05, 3.63) is 18.2 Å². The van der Waals surface area contributed by atoms with Crippen molar-refractivity contribution in [2.75, 3.05) is 6.61 Å². The van der Waals surface area contributed by atoms with E-state index in [4.69, 9.17) is 14.8 Å². The topological polar surface area (TPSA) is 58.9 Å². The normalized spacial score (nSPS) is 11.2. The van der Waals surface area contributed by atoms with E-state index in [1.807, 2.05) is 0 Å². The Bertz CT molecular complexity index is 395. The molecule has 0 atom stereocenters. The second-order valence-corrected chi connectivity index (χ2v) is 3.48. The second-order valence-electron chi connectivity index (χ2n) is 3.48. The van der Waals surface area contributed by atoms with Crippen LogP contribution in [0, 0.1) is 0 Å². The Hall–Kier alpha value is -1.41. The lowest BCUT2D eigenvalue weighted by molar-refractivity contribution is -0.275. The molecule has 0 saturated heterocycles. The third-order valence-electron chi connectivity index (χ3n) is 1.95. The van der Waals surface area contributed by atoms with E-state index in [1.54, 1.807) is 6.92 Å². The molecular formula is C10H12BF3O4. The maximum Gasteiger partial charge on any atom is 0.573 e. The van der Waals surface area contributed by atoms with Crippen molar-refractivity contribution in [3.8, 4) is 11.5 Å². The summed E-state index contributed by atoms with van der Waals surface area (Å²) in [6.45, 7) is 1.98. The van der Waals surface area contributed by atoms with Gasteiger partial charge in [-0.15, -0.1) is 13.2 Å². The maximum atomic E-state index is 12.1. The van der Waals surface area contributed by atoms with Crippen LogP contribution in [0.2, 0.25) is 0 Å². The quantitative estimate of drug-likeness (QED) is 0.780. The van der Waals surface area contributed by atoms with Crippen LogP contribution in [-0.4, -0.2) is 30.1 Å². The van der Waals surface area contributed by atoms with E-state index in [1.165, 1.54) is 0 Å². The van der Waals surface area contributed by atoms with Gasteiger partial charge in [-0.1, -0.05) is 13.0 Å². The lowest BCUT2D eigenvalue weighted by atomic mass is 9.80. The minimum atomic E-state index is -4.83. The van der Waals surface area contributed by atoms with Gasteiger partial charge in [0, 0.05) is 0 Å². The molecule has 0 fully saturated rings. The van der Waals surface area contributed by atoms with Crippen LogP contribution < -0.4 is 14.9 Å². The number of benzene rings is 1. The van der Waals surface area contributed by atoms with Crippen LogP contribution in [0.4, 0.5) is 13.2 Å². The SMILES string of the molecule is CCCOc1cc(B(O)O)ccc1OC(F)(F)F. The Labute approximate surface area is 102 Å². The molecule has 0 aromatic heterocycles. The summed E-state index contributed by atoms with van der Waals surface area (Å²) in [5, 5.41) is 17.9. The van der Waals surface area contributed by atoms with E-state index in [0.717, 1.165) is 18.2 Å². The molecule has 0 radical (unpaired) electrons. The fraction of sp³-hybridized carbons (Fsp3) is 0.400. The van der Waals surface area contributed by atoms with E-state index >= 15 is 0 Å². The van der Waals surface area contributed by atoms with Crippen molar-refractivity contribution in [1.82, 2.24) is 0 Å². The summed E-state index contributed by atoms with van der Waals surface area (Å²) in [7, 11) is -1.78. The van der Waals surface area contributed by atoms with Gasteiger partial charge in [-0.05, 0) is 24.0 Å². The molecule has 2 N–H and O–H groups in total. The van der Waals surface area contributed by atoms with Crippen molar-refractivity contribution in [2.24, 2.45) is 0 Å². The number of rotatable bonds is 5. The number of hydrogen-bond donors (Lipinski definition) is 2. The molecular weight excluding hydrogens is 252 g/mol. The molecule has 0 aliphatic carbocycles. The molecule has 1 aromatic carbocycles. The first-order valence-electron chi connectivity index (χ1n) is 5.22. The number of halogens is 3. The standard InChI is InChI=1S/C10H12BF3O4/c1-2-5-17-9-6-7(11(15)16)3-4-8(9)18-10(12,13)14/h3-4,6,15-16H,2,5H2,1H3. The molecule has 0 unspecified atom stereocenters. The summed E-state index contributed by atoms with van der Waals surface area (Å²) in [5.74, 6) is -0.694. The molecule has 0 bridgehead atoms. The summed E-state index contributed by atoms with van der Waals surface area (Å²) in [5.41, 5.74) is 0.0237. The van der Waals surface area contributed by atoms with Crippen LogP contribution in [0.3, 0.4) is 0 Å². The Kier molecular flexibility index (Phi) is 4.86. The Morgan fingerprint density at radius 3 is 2.39 bits per heavy atom. The third kappa shape index (κ3) is 4.46. The zero-order valence-electron chi connectivity index (χ0n) is 9.57. The first kappa shape index (κ1) is 14.7. The molecule has 100 valence electrons. The summed E-state index contributed by atoms with van der Waals surface area (Å²) in [6.07, 6.45) is -4.24. The number of alkyl halides is 3. The van der Waals surface area contributed by atoms with Crippen LogP contribution in [-0.2, 0) is 0 Å². The maximum absolute atomic E-state index is 12.1. The van der Waals surface area contributed by atoms with E-state index in [0.29, 0.717) is 6.42 Å². The van der Waals surface area contributed by atoms with E-state index < -0.39 is 19.2 Å². The molecule has 0 spiro atoms. The van der Waals surface area contributed by atoms with Gasteiger partial charge in [0.25, 0.3) is 0 Å². The van der Waals surface area contributed by atoms with Gasteiger partial charge >= 0.3 is 13.5 Å². The largest absolute Gasteiger partial charge is 0.573 e. The molecule has 0 aliphatic heterocycles. The predicted molar refractivity (Wildman–Crippen MR) is 58.7 cm³/mol. The van der Waals surface area contributed by atoms with Gasteiger partial charge < -0.3 is 19.5 Å². The van der Waals surface area contributed by atoms with Crippen molar-refractivity contribution < 1.29 is 32.7 Å². The molecule has 0 amide bonds. The summed E-state index contributed by atoms with van der Waals surface area (Å²) in [6, 6.07) is 3.19. The Morgan fingerprint density at radius 2 is 1.89 bits per heavy atom. The highest BCUT2D eigenvalue weighted by Gasteiger charge is 2.32. The van der Waals surface area contributed by atoms with Crippen LogP contribution >= 0.6 is 0 Å². The van der Waals surface area contributed by atoms with Gasteiger partial charge in [0.15, 0.2) is 11.5 Å². The average Bonchev–Trinajstić information content (AvgIpc) is 2.25. The number of ether oxygens (including phenoxy) is 2. The van der Waals surface area contributed by atoms with Crippen LogP contribution in [0.5, 0.6) is 11.5 Å². The highest BCUT2D eigenvalue weighted by molar-refractivity contribution is 6.58. The van der Waals surface area contributed by atoms with E-state index in [9.17, 15) is 13.2 Å². The summed E-state index contributed by atoms with van der Waals surface area (Å²) in [4.78, 5) is 0. The highest BCUT2D eigenvalue weighted by Crippen LogP contribution is 2.31. The van der Waals surface area contributed by atoms with E-state index in [-0.39, 0.29) is 17.8 Å². The molecule has 0 saturated carbocycles. The van der Waals surface area contributed by atoms with Crippen molar-refractivity contribution in [1.29, 1.82) is 0 Å². The van der Waals surface area contributed by atoms with Crippen LogP contribution in [0.15, 0.2) is 18.2 Å². The van der Waals surface area contributed by atoms with Crippen LogP contribution in [0.25, 0.3) is 0 Å². The predicted octanol–water partition coefficient (Wildman–Crippen LogP) is 1.05. The van der Waals surface area contributed by atoms with Gasteiger partial charge in [0.05, 0.1) is 6.61 Å². The van der Waals surface area contributed by atoms with Crippen molar-refractivity contribution in [3.63, 3.8) is 0 Å². The first-order chi connectivity index (χ1) is 8.33.